The third kappa shape index (κ3) is 4.44. The van der Waals surface area contributed by atoms with Gasteiger partial charge in [0, 0.05) is 29.2 Å². The first-order valence-corrected chi connectivity index (χ1v) is 5.64. The number of hydrogen-bond donors (Lipinski definition) is 2. The van der Waals surface area contributed by atoms with Crippen LogP contribution in [0.1, 0.15) is 11.6 Å². The minimum atomic E-state index is 0. The Hall–Kier alpha value is 0.450. The van der Waals surface area contributed by atoms with Crippen LogP contribution in [-0.4, -0.2) is 19.6 Å². The molecule has 0 amide bonds. The van der Waals surface area contributed by atoms with Gasteiger partial charge in [0.15, 0.2) is 0 Å². The number of hydrogen-bond acceptors (Lipinski definition) is 2. The Morgan fingerprint density at radius 3 is 2.27 bits per heavy atom. The van der Waals surface area contributed by atoms with Crippen molar-refractivity contribution < 1.29 is 0 Å². The smallest absolute Gasteiger partial charge is 0.0447 e. The fourth-order valence-electron chi connectivity index (χ4n) is 1.58. The van der Waals surface area contributed by atoms with Gasteiger partial charge in [-0.1, -0.05) is 12.1 Å². The van der Waals surface area contributed by atoms with E-state index in [-0.39, 0.29) is 24.8 Å². The lowest BCUT2D eigenvalue weighted by Gasteiger charge is -2.24. The lowest BCUT2D eigenvalue weighted by molar-refractivity contribution is 0.430. The maximum atomic E-state index is 3.49. The first-order valence-electron chi connectivity index (χ1n) is 4.56. The third-order valence-corrected chi connectivity index (χ3v) is 3.03. The monoisotopic (exact) mass is 360 g/mol. The van der Waals surface area contributed by atoms with Gasteiger partial charge in [-0.25, -0.2) is 0 Å². The molecule has 1 heterocycles. The molecule has 86 valence electrons. The van der Waals surface area contributed by atoms with Crippen molar-refractivity contribution in [3.8, 4) is 0 Å². The van der Waals surface area contributed by atoms with E-state index in [1.807, 2.05) is 0 Å². The van der Waals surface area contributed by atoms with Crippen LogP contribution >= 0.6 is 47.4 Å². The quantitative estimate of drug-likeness (QED) is 0.751. The molecule has 2 nitrogen and oxygen atoms in total. The van der Waals surface area contributed by atoms with Gasteiger partial charge in [-0.3, -0.25) is 0 Å². The zero-order valence-electron chi connectivity index (χ0n) is 8.20. The van der Waals surface area contributed by atoms with Gasteiger partial charge in [0.1, 0.15) is 0 Å². The average molecular weight is 361 g/mol. The van der Waals surface area contributed by atoms with Crippen molar-refractivity contribution in [2.24, 2.45) is 0 Å². The summed E-state index contributed by atoms with van der Waals surface area (Å²) in [7, 11) is 0. The van der Waals surface area contributed by atoms with Crippen LogP contribution in [0.4, 0.5) is 0 Å². The number of piperazine rings is 1. The van der Waals surface area contributed by atoms with Crippen molar-refractivity contribution in [2.75, 3.05) is 19.6 Å². The zero-order valence-corrected chi connectivity index (χ0v) is 12.0. The van der Waals surface area contributed by atoms with Gasteiger partial charge in [-0.05, 0) is 40.3 Å². The van der Waals surface area contributed by atoms with E-state index in [1.165, 1.54) is 9.13 Å². The van der Waals surface area contributed by atoms with Crippen LogP contribution < -0.4 is 10.6 Å². The highest BCUT2D eigenvalue weighted by atomic mass is 127. The fourth-order valence-corrected chi connectivity index (χ4v) is 1.94. The van der Waals surface area contributed by atoms with E-state index >= 15 is 0 Å². The molecular formula is C10H15Cl2IN2. The molecule has 2 N–H and O–H groups in total. The normalized spacial score (nSPS) is 19.9. The molecule has 1 aromatic rings. The molecule has 1 saturated heterocycles. The summed E-state index contributed by atoms with van der Waals surface area (Å²) in [6, 6.07) is 9.21. The maximum Gasteiger partial charge on any atom is 0.0447 e. The lowest BCUT2D eigenvalue weighted by atomic mass is 10.1. The minimum Gasteiger partial charge on any atom is -0.314 e. The number of benzene rings is 1. The summed E-state index contributed by atoms with van der Waals surface area (Å²) >= 11 is 2.33. The van der Waals surface area contributed by atoms with Crippen LogP contribution in [0, 0.1) is 3.57 Å². The van der Waals surface area contributed by atoms with Gasteiger partial charge in [-0.2, -0.15) is 0 Å². The Kier molecular flexibility index (Phi) is 7.91. The molecule has 1 fully saturated rings. The van der Waals surface area contributed by atoms with Crippen LogP contribution in [0.5, 0.6) is 0 Å². The first-order chi connectivity index (χ1) is 6.36. The molecule has 1 aliphatic heterocycles. The van der Waals surface area contributed by atoms with Gasteiger partial charge < -0.3 is 10.6 Å². The van der Waals surface area contributed by atoms with Crippen molar-refractivity contribution in [3.63, 3.8) is 0 Å². The second kappa shape index (κ2) is 7.68. The Morgan fingerprint density at radius 1 is 1.07 bits per heavy atom. The molecule has 0 aromatic heterocycles. The highest BCUT2D eigenvalue weighted by molar-refractivity contribution is 14.1. The predicted octanol–water partition coefficient (Wildman–Crippen LogP) is 2.37. The van der Waals surface area contributed by atoms with E-state index in [0.29, 0.717) is 6.04 Å². The molecule has 1 aromatic carbocycles. The molecule has 1 atom stereocenters. The molecule has 1 aliphatic rings. The number of rotatable bonds is 1. The highest BCUT2D eigenvalue weighted by Crippen LogP contribution is 2.15. The summed E-state index contributed by atoms with van der Waals surface area (Å²) in [6.07, 6.45) is 0. The second-order valence-corrected chi connectivity index (χ2v) is 4.51. The molecule has 0 saturated carbocycles. The third-order valence-electron chi connectivity index (χ3n) is 2.31. The van der Waals surface area contributed by atoms with E-state index in [0.717, 1.165) is 19.6 Å². The Labute approximate surface area is 117 Å². The standard InChI is InChI=1S/C10H13IN2.2ClH/c11-9-3-1-8(2-4-9)10-7-12-5-6-13-10;;/h1-4,10,12-13H,5-7H2;2*1H. The zero-order chi connectivity index (χ0) is 9.10. The largest absolute Gasteiger partial charge is 0.314 e. The van der Waals surface area contributed by atoms with Crippen LogP contribution in [0.25, 0.3) is 0 Å². The van der Waals surface area contributed by atoms with Crippen LogP contribution in [-0.2, 0) is 0 Å². The Balaban J connectivity index is 0.000000980. The van der Waals surface area contributed by atoms with E-state index in [9.17, 15) is 0 Å². The summed E-state index contributed by atoms with van der Waals surface area (Å²) in [5.74, 6) is 0. The summed E-state index contributed by atoms with van der Waals surface area (Å²) in [5.41, 5.74) is 1.38. The topological polar surface area (TPSA) is 24.1 Å². The maximum absolute atomic E-state index is 3.49. The predicted molar refractivity (Wildman–Crippen MR) is 77.3 cm³/mol. The van der Waals surface area contributed by atoms with Gasteiger partial charge in [0.2, 0.25) is 0 Å². The van der Waals surface area contributed by atoms with Crippen molar-refractivity contribution in [1.82, 2.24) is 10.6 Å². The van der Waals surface area contributed by atoms with E-state index in [4.69, 9.17) is 0 Å². The van der Waals surface area contributed by atoms with Crippen molar-refractivity contribution in [3.05, 3.63) is 33.4 Å². The van der Waals surface area contributed by atoms with Crippen molar-refractivity contribution >= 4 is 47.4 Å². The summed E-state index contributed by atoms with van der Waals surface area (Å²) in [5, 5.41) is 6.87. The van der Waals surface area contributed by atoms with Gasteiger partial charge >= 0.3 is 0 Å². The van der Waals surface area contributed by atoms with E-state index in [2.05, 4.69) is 57.5 Å². The summed E-state index contributed by atoms with van der Waals surface area (Å²) in [6.45, 7) is 3.19. The molecule has 2 rings (SSSR count). The van der Waals surface area contributed by atoms with E-state index < -0.39 is 0 Å². The molecular weight excluding hydrogens is 346 g/mol. The van der Waals surface area contributed by atoms with Crippen molar-refractivity contribution in [2.45, 2.75) is 6.04 Å². The van der Waals surface area contributed by atoms with Crippen LogP contribution in [0.3, 0.4) is 0 Å². The van der Waals surface area contributed by atoms with Crippen LogP contribution in [0.2, 0.25) is 0 Å². The Bertz CT molecular complexity index is 273. The molecule has 0 bridgehead atoms. The molecule has 15 heavy (non-hydrogen) atoms. The van der Waals surface area contributed by atoms with Gasteiger partial charge in [0.25, 0.3) is 0 Å². The fraction of sp³-hybridized carbons (Fsp3) is 0.400. The average Bonchev–Trinajstić information content (AvgIpc) is 2.20. The summed E-state index contributed by atoms with van der Waals surface area (Å²) < 4.78 is 1.30. The molecule has 0 radical (unpaired) electrons. The number of halogens is 3. The molecule has 5 heteroatoms. The SMILES string of the molecule is Cl.Cl.Ic1ccc(C2CNCCN2)cc1. The lowest BCUT2D eigenvalue weighted by Crippen LogP contribution is -2.42. The number of nitrogens with one attached hydrogen (secondary N) is 2. The molecule has 0 spiro atoms. The second-order valence-electron chi connectivity index (χ2n) is 3.26. The molecule has 0 aliphatic carbocycles. The van der Waals surface area contributed by atoms with E-state index in [1.54, 1.807) is 0 Å². The first kappa shape index (κ1) is 15.4. The van der Waals surface area contributed by atoms with Gasteiger partial charge in [0.05, 0.1) is 0 Å². The minimum absolute atomic E-state index is 0. The highest BCUT2D eigenvalue weighted by Gasteiger charge is 2.13. The molecule has 1 unspecified atom stereocenters. The van der Waals surface area contributed by atoms with Crippen molar-refractivity contribution in [1.29, 1.82) is 0 Å². The van der Waals surface area contributed by atoms with Crippen LogP contribution in [0.15, 0.2) is 24.3 Å². The Morgan fingerprint density at radius 2 is 1.73 bits per heavy atom. The van der Waals surface area contributed by atoms with Gasteiger partial charge in [-0.15, -0.1) is 24.8 Å². The summed E-state index contributed by atoms with van der Waals surface area (Å²) in [4.78, 5) is 0.